The van der Waals surface area contributed by atoms with E-state index in [9.17, 15) is 4.79 Å². The zero-order valence-electron chi connectivity index (χ0n) is 9.19. The molecule has 88 valence electrons. The molecule has 0 aromatic heterocycles. The molecule has 0 aromatic rings. The Hall–Kier alpha value is -0.610. The normalized spacial score (nSPS) is 23.7. The lowest BCUT2D eigenvalue weighted by Gasteiger charge is -2.26. The highest BCUT2D eigenvalue weighted by Gasteiger charge is 2.26. The number of carboxylic acids is 1. The van der Waals surface area contributed by atoms with Crippen molar-refractivity contribution in [1.82, 2.24) is 4.90 Å². The van der Waals surface area contributed by atoms with Crippen molar-refractivity contribution >= 4 is 5.97 Å². The van der Waals surface area contributed by atoms with Crippen LogP contribution in [0, 0.1) is 0 Å². The topological polar surface area (TPSA) is 60.8 Å². The van der Waals surface area contributed by atoms with E-state index in [0.29, 0.717) is 0 Å². The van der Waals surface area contributed by atoms with Crippen LogP contribution in [0.2, 0.25) is 0 Å². The van der Waals surface area contributed by atoms with E-state index in [1.54, 1.807) is 0 Å². The molecule has 1 unspecified atom stereocenters. The van der Waals surface area contributed by atoms with Crippen molar-refractivity contribution in [3.05, 3.63) is 0 Å². The summed E-state index contributed by atoms with van der Waals surface area (Å²) >= 11 is 0. The summed E-state index contributed by atoms with van der Waals surface area (Å²) in [5.41, 5.74) is 0. The minimum Gasteiger partial charge on any atom is -0.480 e. The number of nitrogens with zero attached hydrogens (tertiary/aromatic N) is 1. The summed E-state index contributed by atoms with van der Waals surface area (Å²) in [7, 11) is 0. The Balaban J connectivity index is 2.43. The molecule has 1 heterocycles. The van der Waals surface area contributed by atoms with Crippen LogP contribution in [0.4, 0.5) is 0 Å². The molecular weight excluding hydrogens is 194 g/mol. The fourth-order valence-electron chi connectivity index (χ4n) is 2.14. The summed E-state index contributed by atoms with van der Waals surface area (Å²) in [5, 5.41) is 17.8. The van der Waals surface area contributed by atoms with Gasteiger partial charge in [0.25, 0.3) is 0 Å². The Morgan fingerprint density at radius 1 is 1.27 bits per heavy atom. The third-order valence-electron chi connectivity index (χ3n) is 3.00. The Morgan fingerprint density at radius 3 is 2.73 bits per heavy atom. The van der Waals surface area contributed by atoms with Crippen molar-refractivity contribution in [2.75, 3.05) is 19.7 Å². The van der Waals surface area contributed by atoms with Crippen LogP contribution < -0.4 is 0 Å². The highest BCUT2D eigenvalue weighted by Crippen LogP contribution is 2.17. The first kappa shape index (κ1) is 12.5. The second-order valence-corrected chi connectivity index (χ2v) is 4.17. The van der Waals surface area contributed by atoms with Gasteiger partial charge in [0.15, 0.2) is 0 Å². The lowest BCUT2D eigenvalue weighted by molar-refractivity contribution is -0.143. The van der Waals surface area contributed by atoms with Crippen LogP contribution in [0.3, 0.4) is 0 Å². The Bertz CT molecular complexity index is 196. The van der Waals surface area contributed by atoms with Crippen molar-refractivity contribution in [1.29, 1.82) is 0 Å². The molecule has 1 fully saturated rings. The van der Waals surface area contributed by atoms with E-state index in [-0.39, 0.29) is 12.6 Å². The molecule has 4 heteroatoms. The first-order chi connectivity index (χ1) is 7.25. The number of likely N-dealkylation sites (tertiary alicyclic amines) is 1. The first-order valence-electron chi connectivity index (χ1n) is 5.83. The van der Waals surface area contributed by atoms with E-state index in [1.807, 2.05) is 0 Å². The molecule has 0 amide bonds. The third-order valence-corrected chi connectivity index (χ3v) is 3.00. The molecule has 2 N–H and O–H groups in total. The molecule has 0 spiro atoms. The number of aliphatic hydroxyl groups is 1. The number of aliphatic carboxylic acids is 1. The molecule has 1 aliphatic heterocycles. The van der Waals surface area contributed by atoms with E-state index in [0.717, 1.165) is 51.6 Å². The predicted octanol–water partition coefficient (Wildman–Crippen LogP) is 1.09. The number of carbonyl (C=O) groups is 1. The number of hydrogen-bond acceptors (Lipinski definition) is 3. The fourth-order valence-corrected chi connectivity index (χ4v) is 2.14. The van der Waals surface area contributed by atoms with Crippen molar-refractivity contribution in [3.63, 3.8) is 0 Å². The summed E-state index contributed by atoms with van der Waals surface area (Å²) in [6.07, 6.45) is 5.69. The molecule has 1 atom stereocenters. The predicted molar refractivity (Wildman–Crippen MR) is 57.8 cm³/mol. The second-order valence-electron chi connectivity index (χ2n) is 4.17. The Labute approximate surface area is 90.9 Å². The van der Waals surface area contributed by atoms with Crippen LogP contribution >= 0.6 is 0 Å². The lowest BCUT2D eigenvalue weighted by atomic mass is 10.1. The summed E-state index contributed by atoms with van der Waals surface area (Å²) in [4.78, 5) is 13.1. The summed E-state index contributed by atoms with van der Waals surface area (Å²) in [6.45, 7) is 1.89. The van der Waals surface area contributed by atoms with Crippen LogP contribution in [0.1, 0.15) is 38.5 Å². The second kappa shape index (κ2) is 6.80. The van der Waals surface area contributed by atoms with Gasteiger partial charge < -0.3 is 10.2 Å². The lowest BCUT2D eigenvalue weighted by Crippen LogP contribution is -2.41. The molecule has 0 aliphatic carbocycles. The fraction of sp³-hybridized carbons (Fsp3) is 0.909. The summed E-state index contributed by atoms with van der Waals surface area (Å²) in [5.74, 6) is -0.694. The number of aliphatic hydroxyl groups excluding tert-OH is 1. The van der Waals surface area contributed by atoms with E-state index in [2.05, 4.69) is 4.90 Å². The smallest absolute Gasteiger partial charge is 0.320 e. The van der Waals surface area contributed by atoms with Crippen LogP contribution in [-0.2, 0) is 4.79 Å². The highest BCUT2D eigenvalue weighted by atomic mass is 16.4. The number of carboxylic acid groups (broad SMARTS) is 1. The molecule has 0 aromatic carbocycles. The minimum atomic E-state index is -0.694. The van der Waals surface area contributed by atoms with E-state index in [4.69, 9.17) is 10.2 Å². The SMILES string of the molecule is O=C(O)C1CCCCCN1CCCCO. The van der Waals surface area contributed by atoms with Gasteiger partial charge in [0, 0.05) is 6.61 Å². The molecule has 0 bridgehead atoms. The molecule has 4 nitrogen and oxygen atoms in total. The zero-order valence-corrected chi connectivity index (χ0v) is 9.19. The van der Waals surface area contributed by atoms with Crippen LogP contribution in [-0.4, -0.2) is 46.8 Å². The average Bonchev–Trinajstić information content (AvgIpc) is 2.43. The van der Waals surface area contributed by atoms with Crippen LogP contribution in [0.25, 0.3) is 0 Å². The maximum atomic E-state index is 11.1. The standard InChI is InChI=1S/C11H21NO3/c13-9-5-4-8-12-7-3-1-2-6-10(12)11(14)15/h10,13H,1-9H2,(H,14,15). The van der Waals surface area contributed by atoms with Gasteiger partial charge in [0.1, 0.15) is 6.04 Å². The summed E-state index contributed by atoms with van der Waals surface area (Å²) in [6, 6.07) is -0.300. The Kier molecular flexibility index (Phi) is 5.65. The van der Waals surface area contributed by atoms with E-state index >= 15 is 0 Å². The van der Waals surface area contributed by atoms with Gasteiger partial charge in [-0.2, -0.15) is 0 Å². The number of unbranched alkanes of at least 4 members (excludes halogenated alkanes) is 1. The zero-order chi connectivity index (χ0) is 11.1. The van der Waals surface area contributed by atoms with Gasteiger partial charge in [-0.1, -0.05) is 12.8 Å². The number of rotatable bonds is 5. The van der Waals surface area contributed by atoms with E-state index in [1.165, 1.54) is 0 Å². The molecule has 1 rings (SSSR count). The highest BCUT2D eigenvalue weighted by molar-refractivity contribution is 5.73. The monoisotopic (exact) mass is 215 g/mol. The maximum absolute atomic E-state index is 11.1. The van der Waals surface area contributed by atoms with Gasteiger partial charge in [-0.25, -0.2) is 0 Å². The molecular formula is C11H21NO3. The molecule has 1 aliphatic rings. The van der Waals surface area contributed by atoms with Gasteiger partial charge >= 0.3 is 5.97 Å². The van der Waals surface area contributed by atoms with Gasteiger partial charge in [0.05, 0.1) is 0 Å². The first-order valence-corrected chi connectivity index (χ1v) is 5.83. The van der Waals surface area contributed by atoms with Gasteiger partial charge in [-0.15, -0.1) is 0 Å². The summed E-state index contributed by atoms with van der Waals surface area (Å²) < 4.78 is 0. The van der Waals surface area contributed by atoms with Crippen LogP contribution in [0.15, 0.2) is 0 Å². The molecule has 1 saturated heterocycles. The third kappa shape index (κ3) is 4.18. The van der Waals surface area contributed by atoms with Crippen molar-refractivity contribution < 1.29 is 15.0 Å². The van der Waals surface area contributed by atoms with Gasteiger partial charge in [-0.05, 0) is 38.8 Å². The largest absolute Gasteiger partial charge is 0.480 e. The number of hydrogen-bond donors (Lipinski definition) is 2. The van der Waals surface area contributed by atoms with Crippen molar-refractivity contribution in [3.8, 4) is 0 Å². The minimum absolute atomic E-state index is 0.200. The molecule has 0 saturated carbocycles. The van der Waals surface area contributed by atoms with Gasteiger partial charge in [-0.3, -0.25) is 9.69 Å². The quantitative estimate of drug-likeness (QED) is 0.674. The molecule has 15 heavy (non-hydrogen) atoms. The van der Waals surface area contributed by atoms with Crippen molar-refractivity contribution in [2.24, 2.45) is 0 Å². The van der Waals surface area contributed by atoms with E-state index < -0.39 is 5.97 Å². The maximum Gasteiger partial charge on any atom is 0.320 e. The average molecular weight is 215 g/mol. The van der Waals surface area contributed by atoms with Crippen LogP contribution in [0.5, 0.6) is 0 Å². The van der Waals surface area contributed by atoms with Crippen molar-refractivity contribution in [2.45, 2.75) is 44.6 Å². The Morgan fingerprint density at radius 2 is 2.07 bits per heavy atom. The van der Waals surface area contributed by atoms with Gasteiger partial charge in [0.2, 0.25) is 0 Å². The molecule has 0 radical (unpaired) electrons.